The Hall–Kier alpha value is -3.03. The topological polar surface area (TPSA) is 58.6 Å². The smallest absolute Gasteiger partial charge is 0.406 e. The number of carbonyl (C=O) groups excluding carboxylic acids is 2. The Morgan fingerprint density at radius 1 is 1.11 bits per heavy atom. The van der Waals surface area contributed by atoms with Crippen LogP contribution in [0.25, 0.3) is 0 Å². The van der Waals surface area contributed by atoms with E-state index in [9.17, 15) is 22.8 Å². The van der Waals surface area contributed by atoms with Crippen molar-refractivity contribution in [3.05, 3.63) is 60.2 Å². The van der Waals surface area contributed by atoms with Gasteiger partial charge < -0.3 is 15.0 Å². The number of amides is 2. The second-order valence-electron chi connectivity index (χ2n) is 6.08. The summed E-state index contributed by atoms with van der Waals surface area (Å²) in [5.41, 5.74) is 1.35. The highest BCUT2D eigenvalue weighted by Crippen LogP contribution is 2.25. The molecule has 0 saturated carbocycles. The van der Waals surface area contributed by atoms with Crippen molar-refractivity contribution in [2.24, 2.45) is 5.92 Å². The van der Waals surface area contributed by atoms with Crippen LogP contribution in [0.4, 0.5) is 18.9 Å². The standard InChI is InChI=1S/C19H17F3N2O3/c20-19(21,22)27-15-8-6-13(7-9-15)12-23-17(25)16-10-11-24(18(16)26)14-4-2-1-3-5-14/h1-9,16H,10-12H2,(H,23,25). The van der Waals surface area contributed by atoms with E-state index in [1.807, 2.05) is 30.3 Å². The molecule has 5 nitrogen and oxygen atoms in total. The molecule has 1 aliphatic heterocycles. The predicted octanol–water partition coefficient (Wildman–Crippen LogP) is 3.25. The van der Waals surface area contributed by atoms with Crippen molar-refractivity contribution in [1.82, 2.24) is 5.32 Å². The van der Waals surface area contributed by atoms with E-state index in [4.69, 9.17) is 0 Å². The van der Waals surface area contributed by atoms with E-state index < -0.39 is 18.2 Å². The van der Waals surface area contributed by atoms with Crippen LogP contribution in [-0.4, -0.2) is 24.7 Å². The molecule has 142 valence electrons. The van der Waals surface area contributed by atoms with Gasteiger partial charge in [0, 0.05) is 18.8 Å². The summed E-state index contributed by atoms with van der Waals surface area (Å²) in [7, 11) is 0. The lowest BCUT2D eigenvalue weighted by Gasteiger charge is -2.16. The van der Waals surface area contributed by atoms with Crippen molar-refractivity contribution in [1.29, 1.82) is 0 Å². The van der Waals surface area contributed by atoms with Gasteiger partial charge in [-0.25, -0.2) is 0 Å². The zero-order valence-electron chi connectivity index (χ0n) is 14.2. The van der Waals surface area contributed by atoms with Crippen LogP contribution in [0.1, 0.15) is 12.0 Å². The molecule has 0 bridgehead atoms. The van der Waals surface area contributed by atoms with Gasteiger partial charge in [-0.05, 0) is 36.2 Å². The second-order valence-corrected chi connectivity index (χ2v) is 6.08. The number of nitrogens with zero attached hydrogens (tertiary/aromatic N) is 1. The Morgan fingerprint density at radius 3 is 2.41 bits per heavy atom. The maximum Gasteiger partial charge on any atom is 0.573 e. The number of nitrogens with one attached hydrogen (secondary N) is 1. The van der Waals surface area contributed by atoms with Crippen LogP contribution in [0.2, 0.25) is 0 Å². The number of para-hydroxylation sites is 1. The Bertz CT molecular complexity index is 807. The molecule has 0 aliphatic carbocycles. The molecule has 3 rings (SSSR count). The van der Waals surface area contributed by atoms with Crippen LogP contribution in [0.5, 0.6) is 5.75 Å². The van der Waals surface area contributed by atoms with Crippen LogP contribution in [0.3, 0.4) is 0 Å². The minimum absolute atomic E-state index is 0.111. The second kappa shape index (κ2) is 7.69. The fourth-order valence-corrected chi connectivity index (χ4v) is 2.91. The lowest BCUT2D eigenvalue weighted by Crippen LogP contribution is -2.36. The van der Waals surface area contributed by atoms with Gasteiger partial charge in [0.05, 0.1) is 0 Å². The molecular formula is C19H17F3N2O3. The number of carbonyl (C=O) groups is 2. The summed E-state index contributed by atoms with van der Waals surface area (Å²) < 4.78 is 40.2. The van der Waals surface area contributed by atoms with E-state index in [1.54, 1.807) is 4.90 Å². The van der Waals surface area contributed by atoms with Gasteiger partial charge >= 0.3 is 6.36 Å². The van der Waals surface area contributed by atoms with Crippen molar-refractivity contribution in [2.45, 2.75) is 19.3 Å². The molecule has 1 unspecified atom stereocenters. The zero-order valence-corrected chi connectivity index (χ0v) is 14.2. The fraction of sp³-hybridized carbons (Fsp3) is 0.263. The summed E-state index contributed by atoms with van der Waals surface area (Å²) in [6, 6.07) is 14.3. The number of hydrogen-bond acceptors (Lipinski definition) is 3. The number of halogens is 3. The molecule has 2 amide bonds. The molecule has 27 heavy (non-hydrogen) atoms. The van der Waals surface area contributed by atoms with Gasteiger partial charge in [0.2, 0.25) is 11.8 Å². The minimum Gasteiger partial charge on any atom is -0.406 e. The largest absolute Gasteiger partial charge is 0.573 e. The molecule has 0 aromatic heterocycles. The molecule has 1 fully saturated rings. The van der Waals surface area contributed by atoms with E-state index in [2.05, 4.69) is 10.1 Å². The number of benzene rings is 2. The Labute approximate surface area is 153 Å². The summed E-state index contributed by atoms with van der Waals surface area (Å²) in [4.78, 5) is 26.4. The summed E-state index contributed by atoms with van der Waals surface area (Å²) in [6.07, 6.45) is -4.33. The average molecular weight is 378 g/mol. The van der Waals surface area contributed by atoms with Crippen molar-refractivity contribution in [3.63, 3.8) is 0 Å². The van der Waals surface area contributed by atoms with Gasteiger partial charge in [-0.3, -0.25) is 9.59 Å². The van der Waals surface area contributed by atoms with Gasteiger partial charge in [-0.2, -0.15) is 0 Å². The molecule has 2 aromatic carbocycles. The third-order valence-electron chi connectivity index (χ3n) is 4.21. The van der Waals surface area contributed by atoms with E-state index in [1.165, 1.54) is 24.3 Å². The SMILES string of the molecule is O=C(NCc1ccc(OC(F)(F)F)cc1)C1CCN(c2ccccc2)C1=O. The van der Waals surface area contributed by atoms with Crippen LogP contribution >= 0.6 is 0 Å². The minimum atomic E-state index is -4.75. The van der Waals surface area contributed by atoms with E-state index in [0.717, 1.165) is 5.69 Å². The molecule has 1 aliphatic rings. The van der Waals surface area contributed by atoms with Crippen LogP contribution in [0.15, 0.2) is 54.6 Å². The summed E-state index contributed by atoms with van der Waals surface area (Å²) in [5, 5.41) is 2.66. The van der Waals surface area contributed by atoms with Crippen molar-refractivity contribution < 1.29 is 27.5 Å². The average Bonchev–Trinajstić information content (AvgIpc) is 3.02. The molecule has 2 aromatic rings. The van der Waals surface area contributed by atoms with Crippen LogP contribution < -0.4 is 15.0 Å². The molecule has 1 heterocycles. The van der Waals surface area contributed by atoms with Gasteiger partial charge in [0.1, 0.15) is 11.7 Å². The molecular weight excluding hydrogens is 361 g/mol. The third kappa shape index (κ3) is 4.78. The molecule has 0 spiro atoms. The molecule has 0 radical (unpaired) electrons. The number of hydrogen-bond donors (Lipinski definition) is 1. The fourth-order valence-electron chi connectivity index (χ4n) is 2.91. The van der Waals surface area contributed by atoms with E-state index >= 15 is 0 Å². The quantitative estimate of drug-likeness (QED) is 0.813. The lowest BCUT2D eigenvalue weighted by atomic mass is 10.1. The van der Waals surface area contributed by atoms with E-state index in [0.29, 0.717) is 18.5 Å². The van der Waals surface area contributed by atoms with Crippen molar-refractivity contribution in [2.75, 3.05) is 11.4 Å². The number of alkyl halides is 3. The Morgan fingerprint density at radius 2 is 1.78 bits per heavy atom. The van der Waals surface area contributed by atoms with Crippen LogP contribution in [0, 0.1) is 5.92 Å². The highest BCUT2D eigenvalue weighted by atomic mass is 19.4. The molecule has 1 saturated heterocycles. The first-order valence-electron chi connectivity index (χ1n) is 8.32. The van der Waals surface area contributed by atoms with Crippen LogP contribution in [-0.2, 0) is 16.1 Å². The summed E-state index contributed by atoms with van der Waals surface area (Å²) >= 11 is 0. The monoisotopic (exact) mass is 378 g/mol. The third-order valence-corrected chi connectivity index (χ3v) is 4.21. The maximum absolute atomic E-state index is 12.5. The van der Waals surface area contributed by atoms with Gasteiger partial charge in [-0.15, -0.1) is 13.2 Å². The van der Waals surface area contributed by atoms with Crippen molar-refractivity contribution >= 4 is 17.5 Å². The maximum atomic E-state index is 12.5. The predicted molar refractivity (Wildman–Crippen MR) is 91.9 cm³/mol. The van der Waals surface area contributed by atoms with Gasteiger partial charge in [0.25, 0.3) is 0 Å². The normalized spacial score (nSPS) is 17.1. The number of rotatable bonds is 5. The zero-order chi connectivity index (χ0) is 19.4. The molecule has 8 heteroatoms. The highest BCUT2D eigenvalue weighted by Gasteiger charge is 2.37. The van der Waals surface area contributed by atoms with Gasteiger partial charge in [-0.1, -0.05) is 30.3 Å². The molecule has 1 atom stereocenters. The highest BCUT2D eigenvalue weighted by molar-refractivity contribution is 6.09. The van der Waals surface area contributed by atoms with E-state index in [-0.39, 0.29) is 18.2 Å². The molecule has 1 N–H and O–H groups in total. The van der Waals surface area contributed by atoms with Gasteiger partial charge in [0.15, 0.2) is 0 Å². The Kier molecular flexibility index (Phi) is 5.34. The Balaban J connectivity index is 1.54. The lowest BCUT2D eigenvalue weighted by molar-refractivity contribution is -0.274. The first kappa shape index (κ1) is 18.8. The number of anilines is 1. The van der Waals surface area contributed by atoms with Crippen molar-refractivity contribution in [3.8, 4) is 5.75 Å². The first-order valence-corrected chi connectivity index (χ1v) is 8.32. The number of ether oxygens (including phenoxy) is 1. The summed E-state index contributed by atoms with van der Waals surface area (Å²) in [6.45, 7) is 0.574. The first-order chi connectivity index (χ1) is 12.8. The summed E-state index contributed by atoms with van der Waals surface area (Å²) in [5.74, 6) is -1.75.